The van der Waals surface area contributed by atoms with Crippen LogP contribution in [0.5, 0.6) is 0 Å². The van der Waals surface area contributed by atoms with Gasteiger partial charge in [-0.3, -0.25) is 0 Å². The monoisotopic (exact) mass is 182 g/mol. The Kier molecular flexibility index (Phi) is 2.44. The zero-order valence-electron chi connectivity index (χ0n) is 8.59. The molecule has 1 saturated carbocycles. The summed E-state index contributed by atoms with van der Waals surface area (Å²) in [5, 5.41) is 0. The maximum Gasteiger partial charge on any atom is 0.110 e. The fraction of sp³-hybridized carbons (Fsp3) is 0.833. The van der Waals surface area contributed by atoms with Gasteiger partial charge in [-0.1, -0.05) is 25.0 Å². The van der Waals surface area contributed by atoms with E-state index in [-0.39, 0.29) is 11.8 Å². The first-order chi connectivity index (χ1) is 6.20. The van der Waals surface area contributed by atoms with Crippen LogP contribution in [-0.2, 0) is 0 Å². The van der Waals surface area contributed by atoms with Gasteiger partial charge < -0.3 is 0 Å². The molecule has 0 N–H and O–H groups in total. The van der Waals surface area contributed by atoms with E-state index < -0.39 is 6.17 Å². The Morgan fingerprint density at radius 1 is 1.38 bits per heavy atom. The van der Waals surface area contributed by atoms with Crippen LogP contribution >= 0.6 is 0 Å². The largest absolute Gasteiger partial charge is 0.247 e. The summed E-state index contributed by atoms with van der Waals surface area (Å²) in [6, 6.07) is 0. The van der Waals surface area contributed by atoms with Crippen LogP contribution in [0.25, 0.3) is 0 Å². The molecule has 13 heavy (non-hydrogen) atoms. The summed E-state index contributed by atoms with van der Waals surface area (Å²) >= 11 is 0. The van der Waals surface area contributed by atoms with Crippen molar-refractivity contribution in [2.75, 3.05) is 0 Å². The third-order valence-corrected chi connectivity index (χ3v) is 3.88. The Morgan fingerprint density at radius 3 is 2.62 bits per heavy atom. The van der Waals surface area contributed by atoms with Crippen molar-refractivity contribution >= 4 is 0 Å². The Hall–Kier alpha value is -0.330. The van der Waals surface area contributed by atoms with Gasteiger partial charge in [0.05, 0.1) is 0 Å². The molecular weight excluding hydrogens is 163 g/mol. The minimum Gasteiger partial charge on any atom is -0.247 e. The summed E-state index contributed by atoms with van der Waals surface area (Å²) < 4.78 is 13.9. The number of alkyl halides is 1. The molecule has 74 valence electrons. The van der Waals surface area contributed by atoms with E-state index in [1.54, 1.807) is 0 Å². The molecule has 3 atom stereocenters. The van der Waals surface area contributed by atoms with Crippen LogP contribution in [0.1, 0.15) is 39.5 Å². The third kappa shape index (κ3) is 1.53. The molecule has 0 radical (unpaired) electrons. The highest BCUT2D eigenvalue weighted by Crippen LogP contribution is 2.44. The minimum atomic E-state index is -0.574. The van der Waals surface area contributed by atoms with E-state index in [2.05, 4.69) is 13.0 Å². The molecule has 0 aromatic rings. The van der Waals surface area contributed by atoms with Crippen molar-refractivity contribution in [2.45, 2.75) is 45.7 Å². The molecule has 0 saturated heterocycles. The van der Waals surface area contributed by atoms with Gasteiger partial charge in [0.15, 0.2) is 0 Å². The lowest BCUT2D eigenvalue weighted by Crippen LogP contribution is -2.36. The molecule has 2 aliphatic rings. The number of halogens is 1. The number of allylic oxidation sites excluding steroid dienone is 2. The van der Waals surface area contributed by atoms with Gasteiger partial charge in [-0.2, -0.15) is 0 Å². The number of hydrogen-bond donors (Lipinski definition) is 0. The van der Waals surface area contributed by atoms with Gasteiger partial charge in [-0.25, -0.2) is 4.39 Å². The second kappa shape index (κ2) is 3.43. The summed E-state index contributed by atoms with van der Waals surface area (Å²) in [5.74, 6) is 1.17. The molecule has 0 aromatic carbocycles. The highest BCUT2D eigenvalue weighted by atomic mass is 19.1. The maximum absolute atomic E-state index is 13.9. The van der Waals surface area contributed by atoms with Crippen molar-refractivity contribution < 1.29 is 4.39 Å². The molecule has 0 heterocycles. The van der Waals surface area contributed by atoms with Crippen LogP contribution < -0.4 is 0 Å². The highest BCUT2D eigenvalue weighted by Gasteiger charge is 2.38. The predicted molar refractivity (Wildman–Crippen MR) is 53.3 cm³/mol. The van der Waals surface area contributed by atoms with Crippen molar-refractivity contribution in [3.05, 3.63) is 11.6 Å². The van der Waals surface area contributed by atoms with Gasteiger partial charge in [-0.05, 0) is 38.0 Å². The van der Waals surface area contributed by atoms with Crippen LogP contribution in [0.3, 0.4) is 0 Å². The first-order valence-corrected chi connectivity index (χ1v) is 5.51. The summed E-state index contributed by atoms with van der Waals surface area (Å²) in [4.78, 5) is 0. The second-order valence-corrected chi connectivity index (χ2v) is 4.82. The van der Waals surface area contributed by atoms with E-state index in [1.807, 2.05) is 6.92 Å². The minimum absolute atomic E-state index is 0.245. The van der Waals surface area contributed by atoms with E-state index in [0.717, 1.165) is 6.42 Å². The van der Waals surface area contributed by atoms with E-state index in [0.29, 0.717) is 5.92 Å². The molecule has 3 unspecified atom stereocenters. The summed E-state index contributed by atoms with van der Waals surface area (Å²) in [7, 11) is 0. The third-order valence-electron chi connectivity index (χ3n) is 3.88. The maximum atomic E-state index is 13.9. The van der Waals surface area contributed by atoms with Gasteiger partial charge in [0.25, 0.3) is 0 Å². The second-order valence-electron chi connectivity index (χ2n) is 4.82. The fourth-order valence-corrected chi connectivity index (χ4v) is 2.67. The molecule has 0 nitrogen and oxygen atoms in total. The SMILES string of the molecule is CC1=CCC(C)C(F)C1C1CCC1. The topological polar surface area (TPSA) is 0 Å². The van der Waals surface area contributed by atoms with E-state index >= 15 is 0 Å². The quantitative estimate of drug-likeness (QED) is 0.542. The molecular formula is C12H19F. The van der Waals surface area contributed by atoms with E-state index in [4.69, 9.17) is 0 Å². The van der Waals surface area contributed by atoms with Gasteiger partial charge >= 0.3 is 0 Å². The first-order valence-electron chi connectivity index (χ1n) is 5.51. The highest BCUT2D eigenvalue weighted by molar-refractivity contribution is 5.14. The average molecular weight is 182 g/mol. The van der Waals surface area contributed by atoms with Crippen LogP contribution in [-0.4, -0.2) is 6.17 Å². The van der Waals surface area contributed by atoms with Crippen molar-refractivity contribution in [2.24, 2.45) is 17.8 Å². The number of rotatable bonds is 1. The van der Waals surface area contributed by atoms with Crippen molar-refractivity contribution in [3.63, 3.8) is 0 Å². The Balaban J connectivity index is 2.12. The zero-order valence-corrected chi connectivity index (χ0v) is 8.59. The lowest BCUT2D eigenvalue weighted by Gasteiger charge is -2.40. The van der Waals surface area contributed by atoms with Gasteiger partial charge in [0, 0.05) is 5.92 Å². The summed E-state index contributed by atoms with van der Waals surface area (Å²) in [5.41, 5.74) is 1.32. The lowest BCUT2D eigenvalue weighted by molar-refractivity contribution is 0.0889. The smallest absolute Gasteiger partial charge is 0.110 e. The molecule has 2 rings (SSSR count). The van der Waals surface area contributed by atoms with Crippen LogP contribution in [0.4, 0.5) is 4.39 Å². The average Bonchev–Trinajstić information content (AvgIpc) is 2.02. The fourth-order valence-electron chi connectivity index (χ4n) is 2.67. The number of hydrogen-bond acceptors (Lipinski definition) is 0. The normalized spacial score (nSPS) is 41.2. The molecule has 1 heteroatoms. The van der Waals surface area contributed by atoms with Crippen LogP contribution in [0, 0.1) is 17.8 Å². The first kappa shape index (κ1) is 9.23. The zero-order chi connectivity index (χ0) is 9.42. The predicted octanol–water partition coefficient (Wildman–Crippen LogP) is 3.73. The Labute approximate surface area is 80.2 Å². The van der Waals surface area contributed by atoms with Crippen molar-refractivity contribution in [1.82, 2.24) is 0 Å². The molecule has 0 spiro atoms. The molecule has 1 fully saturated rings. The van der Waals surface area contributed by atoms with E-state index in [1.165, 1.54) is 24.8 Å². The Bertz CT molecular complexity index is 215. The molecule has 0 amide bonds. The van der Waals surface area contributed by atoms with Gasteiger partial charge in [-0.15, -0.1) is 0 Å². The molecule has 0 aromatic heterocycles. The van der Waals surface area contributed by atoms with Crippen LogP contribution in [0.2, 0.25) is 0 Å². The molecule has 0 aliphatic heterocycles. The van der Waals surface area contributed by atoms with E-state index in [9.17, 15) is 4.39 Å². The van der Waals surface area contributed by atoms with Crippen molar-refractivity contribution in [1.29, 1.82) is 0 Å². The standard InChI is InChI=1S/C12H19F/c1-8-6-7-9(2)12(13)11(8)10-4-3-5-10/h6,9-12H,3-5,7H2,1-2H3. The lowest BCUT2D eigenvalue weighted by atomic mass is 9.66. The van der Waals surface area contributed by atoms with Gasteiger partial charge in [0.2, 0.25) is 0 Å². The molecule has 0 bridgehead atoms. The van der Waals surface area contributed by atoms with Gasteiger partial charge in [0.1, 0.15) is 6.17 Å². The Morgan fingerprint density at radius 2 is 2.08 bits per heavy atom. The van der Waals surface area contributed by atoms with Crippen molar-refractivity contribution in [3.8, 4) is 0 Å². The summed E-state index contributed by atoms with van der Waals surface area (Å²) in [6.07, 6.45) is 6.44. The molecule has 2 aliphatic carbocycles. The summed E-state index contributed by atoms with van der Waals surface area (Å²) in [6.45, 7) is 4.15. The van der Waals surface area contributed by atoms with Crippen LogP contribution in [0.15, 0.2) is 11.6 Å².